The zero-order valence-electron chi connectivity index (χ0n) is 20.7. The molecule has 4 heterocycles. The van der Waals surface area contributed by atoms with Crippen molar-refractivity contribution in [1.82, 2.24) is 14.6 Å². The Hall–Kier alpha value is -3.03. The summed E-state index contributed by atoms with van der Waals surface area (Å²) >= 11 is 0. The molecule has 0 saturated carbocycles. The Morgan fingerprint density at radius 1 is 1.09 bits per heavy atom. The van der Waals surface area contributed by atoms with Crippen molar-refractivity contribution < 1.29 is 14.2 Å². The molecular formula is C22H28B4N4O4. The second-order valence-electron chi connectivity index (χ2n) is 10.3. The Labute approximate surface area is 202 Å². The van der Waals surface area contributed by atoms with Crippen LogP contribution in [0, 0.1) is 6.92 Å². The van der Waals surface area contributed by atoms with E-state index in [1.54, 1.807) is 0 Å². The molecule has 8 nitrogen and oxygen atoms in total. The Balaban J connectivity index is 1.31. The van der Waals surface area contributed by atoms with Crippen molar-refractivity contribution in [1.29, 1.82) is 0 Å². The Morgan fingerprint density at radius 2 is 1.82 bits per heavy atom. The van der Waals surface area contributed by atoms with E-state index in [1.165, 1.54) is 16.8 Å². The van der Waals surface area contributed by atoms with Crippen molar-refractivity contribution in [3.63, 3.8) is 0 Å². The van der Waals surface area contributed by atoms with Gasteiger partial charge in [0, 0.05) is 43.8 Å². The van der Waals surface area contributed by atoms with Crippen molar-refractivity contribution in [2.24, 2.45) is 0 Å². The average Bonchev–Trinajstić information content (AvgIpc) is 2.75. The summed E-state index contributed by atoms with van der Waals surface area (Å²) in [5, 5.41) is 3.74. The standard InChI is InChI=1S/C22H28B4N4O4/c1-12-9-18-27-7-5-19(31)30(18)28-20(12)29-8-6-15(10-13(29)2)32-14-3-4-16-17(11-14)34-22(25,26)21(23,24)33-16/h3-5,7,9,11,13,15H,6,8,10,23-26H2,1-2H3/t13-,15+/m1/s1. The van der Waals surface area contributed by atoms with E-state index >= 15 is 0 Å². The number of piperidine rings is 1. The molecule has 1 saturated heterocycles. The van der Waals surface area contributed by atoms with E-state index in [0.29, 0.717) is 11.4 Å². The first-order valence-corrected chi connectivity index (χ1v) is 11.9. The minimum absolute atomic E-state index is 0.0726. The van der Waals surface area contributed by atoms with E-state index in [2.05, 4.69) is 21.9 Å². The third kappa shape index (κ3) is 3.93. The lowest BCUT2D eigenvalue weighted by Crippen LogP contribution is -2.65. The van der Waals surface area contributed by atoms with Gasteiger partial charge in [0.2, 0.25) is 0 Å². The summed E-state index contributed by atoms with van der Waals surface area (Å²) in [4.78, 5) is 18.8. The highest BCUT2D eigenvalue weighted by molar-refractivity contribution is 6.53. The number of nitrogens with zero attached hydrogens (tertiary/aromatic N) is 4. The van der Waals surface area contributed by atoms with Gasteiger partial charge < -0.3 is 19.1 Å². The fraction of sp³-hybridized carbons (Fsp3) is 0.409. The number of aryl methyl sites for hydroxylation is 1. The van der Waals surface area contributed by atoms with Gasteiger partial charge in [-0.25, -0.2) is 4.98 Å². The quantitative estimate of drug-likeness (QED) is 0.442. The third-order valence-electron chi connectivity index (χ3n) is 7.24. The number of anilines is 1. The number of hydrogen-bond acceptors (Lipinski definition) is 7. The molecule has 172 valence electrons. The predicted molar refractivity (Wildman–Crippen MR) is 142 cm³/mol. The molecule has 0 radical (unpaired) electrons. The maximum absolute atomic E-state index is 12.2. The molecule has 2 aliphatic heterocycles. The van der Waals surface area contributed by atoms with Crippen LogP contribution in [0.5, 0.6) is 17.2 Å². The van der Waals surface area contributed by atoms with Crippen LogP contribution in [0.2, 0.25) is 0 Å². The van der Waals surface area contributed by atoms with Crippen molar-refractivity contribution in [2.75, 3.05) is 11.4 Å². The van der Waals surface area contributed by atoms with Gasteiger partial charge in [0.05, 0.1) is 10.8 Å². The van der Waals surface area contributed by atoms with Crippen LogP contribution in [0.4, 0.5) is 5.82 Å². The van der Waals surface area contributed by atoms with E-state index in [9.17, 15) is 4.79 Å². The molecule has 2 atom stereocenters. The van der Waals surface area contributed by atoms with E-state index in [4.69, 9.17) is 14.2 Å². The normalized spacial score (nSPS) is 22.9. The number of rotatable bonds is 3. The molecular weight excluding hydrogens is 428 g/mol. The molecule has 0 aliphatic carbocycles. The molecule has 2 aromatic heterocycles. The molecule has 1 fully saturated rings. The van der Waals surface area contributed by atoms with Crippen molar-refractivity contribution >= 4 is 42.9 Å². The number of ether oxygens (including phenoxy) is 3. The van der Waals surface area contributed by atoms with Crippen LogP contribution in [-0.2, 0) is 0 Å². The fourth-order valence-corrected chi connectivity index (χ4v) is 4.59. The van der Waals surface area contributed by atoms with Crippen molar-refractivity contribution in [3.8, 4) is 17.2 Å². The summed E-state index contributed by atoms with van der Waals surface area (Å²) in [5.74, 6) is 3.05. The minimum atomic E-state index is -0.458. The molecule has 0 unspecified atom stereocenters. The summed E-state index contributed by atoms with van der Waals surface area (Å²) in [6.07, 6.45) is 3.28. The Morgan fingerprint density at radius 3 is 2.56 bits per heavy atom. The highest BCUT2D eigenvalue weighted by Gasteiger charge is 2.44. The monoisotopic (exact) mass is 456 g/mol. The van der Waals surface area contributed by atoms with Crippen LogP contribution in [0.15, 0.2) is 41.3 Å². The van der Waals surface area contributed by atoms with Gasteiger partial charge >= 0.3 is 0 Å². The van der Waals surface area contributed by atoms with Gasteiger partial charge in [-0.05, 0) is 37.6 Å². The predicted octanol–water partition coefficient (Wildman–Crippen LogP) is -1.55. The molecule has 0 bridgehead atoms. The van der Waals surface area contributed by atoms with Gasteiger partial charge in [0.15, 0.2) is 23.0 Å². The first-order valence-electron chi connectivity index (χ1n) is 11.9. The van der Waals surface area contributed by atoms with Gasteiger partial charge in [-0.15, -0.1) is 5.10 Å². The van der Waals surface area contributed by atoms with Crippen LogP contribution in [-0.4, -0.2) is 75.5 Å². The first-order chi connectivity index (χ1) is 16.0. The highest BCUT2D eigenvalue weighted by Crippen LogP contribution is 2.41. The van der Waals surface area contributed by atoms with Crippen molar-refractivity contribution in [3.05, 3.63) is 52.4 Å². The second-order valence-corrected chi connectivity index (χ2v) is 10.3. The van der Waals surface area contributed by atoms with Crippen LogP contribution < -0.4 is 24.7 Å². The number of hydrogen-bond donors (Lipinski definition) is 0. The van der Waals surface area contributed by atoms with Crippen molar-refractivity contribution in [2.45, 2.75) is 49.6 Å². The summed E-state index contributed by atoms with van der Waals surface area (Å²) in [6.45, 7) is 4.96. The maximum Gasteiger partial charge on any atom is 0.274 e. The molecule has 5 rings (SSSR count). The SMILES string of the molecule is BC1(B)Oc2ccc(O[C@H]3CCN(c4nn5c(=O)ccnc5cc4C)[C@H](C)C3)cc2OC1(B)B. The average molecular weight is 456 g/mol. The third-order valence-corrected chi connectivity index (χ3v) is 7.24. The lowest BCUT2D eigenvalue weighted by Gasteiger charge is -2.47. The summed E-state index contributed by atoms with van der Waals surface area (Å²) in [7, 11) is 8.14. The van der Waals surface area contributed by atoms with Gasteiger partial charge in [0.25, 0.3) is 5.56 Å². The molecule has 12 heteroatoms. The Bertz CT molecular complexity index is 1320. The summed E-state index contributed by atoms with van der Waals surface area (Å²) < 4.78 is 20.2. The lowest BCUT2D eigenvalue weighted by atomic mass is 9.41. The molecule has 0 spiro atoms. The highest BCUT2D eigenvalue weighted by atomic mass is 16.6. The fourth-order valence-electron chi connectivity index (χ4n) is 4.59. The molecule has 34 heavy (non-hydrogen) atoms. The summed E-state index contributed by atoms with van der Waals surface area (Å²) in [5.41, 5.74) is 1.38. The van der Waals surface area contributed by atoms with Gasteiger partial charge in [-0.3, -0.25) is 4.79 Å². The molecule has 1 aromatic carbocycles. The molecule has 0 amide bonds. The zero-order valence-corrected chi connectivity index (χ0v) is 20.7. The first kappa shape index (κ1) is 22.7. The molecule has 0 N–H and O–H groups in total. The van der Waals surface area contributed by atoms with E-state index < -0.39 is 10.8 Å². The number of fused-ring (bicyclic) bond motifs is 2. The minimum Gasteiger partial charge on any atom is -0.499 e. The smallest absolute Gasteiger partial charge is 0.274 e. The van der Waals surface area contributed by atoms with Gasteiger partial charge in [0.1, 0.15) is 43.2 Å². The van der Waals surface area contributed by atoms with Gasteiger partial charge in [-0.1, -0.05) is 0 Å². The van der Waals surface area contributed by atoms with E-state index in [0.717, 1.165) is 42.3 Å². The van der Waals surface area contributed by atoms with Crippen LogP contribution in [0.3, 0.4) is 0 Å². The maximum atomic E-state index is 12.2. The van der Waals surface area contributed by atoms with Crippen LogP contribution >= 0.6 is 0 Å². The number of aromatic nitrogens is 3. The van der Waals surface area contributed by atoms with Crippen LogP contribution in [0.1, 0.15) is 25.3 Å². The number of benzene rings is 1. The molecule has 3 aromatic rings. The van der Waals surface area contributed by atoms with Gasteiger partial charge in [-0.2, -0.15) is 4.52 Å². The summed E-state index contributed by atoms with van der Waals surface area (Å²) in [6, 6.07) is 9.34. The zero-order chi connectivity index (χ0) is 24.3. The van der Waals surface area contributed by atoms with Crippen LogP contribution in [0.25, 0.3) is 5.65 Å². The second kappa shape index (κ2) is 8.03. The van der Waals surface area contributed by atoms with E-state index in [1.807, 2.05) is 62.6 Å². The topological polar surface area (TPSA) is 78.2 Å². The molecule has 2 aliphatic rings. The largest absolute Gasteiger partial charge is 0.499 e. The van der Waals surface area contributed by atoms with E-state index in [-0.39, 0.29) is 17.7 Å². The lowest BCUT2D eigenvalue weighted by molar-refractivity contribution is 0.0608. The Kier molecular flexibility index (Phi) is 5.37.